The van der Waals surface area contributed by atoms with Crippen LogP contribution in [0.15, 0.2) is 22.4 Å². The molecule has 114 valence electrons. The van der Waals surface area contributed by atoms with Crippen LogP contribution >= 0.6 is 11.3 Å². The Morgan fingerprint density at radius 2 is 1.76 bits per heavy atom. The molecule has 9 heteroatoms. The molecular formula is C12H11F3N2O2S2. The van der Waals surface area contributed by atoms with Crippen molar-refractivity contribution >= 4 is 27.0 Å². The van der Waals surface area contributed by atoms with Gasteiger partial charge in [0.25, 0.3) is 10.0 Å². The van der Waals surface area contributed by atoms with Crippen molar-refractivity contribution < 1.29 is 21.6 Å². The van der Waals surface area contributed by atoms with Gasteiger partial charge in [-0.25, -0.2) is 21.6 Å². The Balaban J connectivity index is 2.37. The maximum Gasteiger partial charge on any atom is 0.271 e. The molecule has 0 radical (unpaired) electrons. The first-order valence-electron chi connectivity index (χ1n) is 5.71. The van der Waals surface area contributed by atoms with Crippen LogP contribution in [0, 0.1) is 24.4 Å². The molecule has 1 aromatic heterocycles. The molecule has 4 nitrogen and oxygen atoms in total. The lowest BCUT2D eigenvalue weighted by molar-refractivity contribution is 0.448. The third kappa shape index (κ3) is 3.20. The molecule has 0 spiro atoms. The van der Waals surface area contributed by atoms with E-state index in [1.54, 1.807) is 6.92 Å². The van der Waals surface area contributed by atoms with Crippen molar-refractivity contribution in [3.8, 4) is 0 Å². The van der Waals surface area contributed by atoms with Crippen molar-refractivity contribution in [1.82, 2.24) is 0 Å². The molecule has 0 saturated carbocycles. The summed E-state index contributed by atoms with van der Waals surface area (Å²) in [5.74, 6) is -4.61. The molecule has 0 fully saturated rings. The second-order valence-electron chi connectivity index (χ2n) is 4.24. The molecule has 2 aromatic rings. The Labute approximate surface area is 123 Å². The van der Waals surface area contributed by atoms with E-state index in [2.05, 4.69) is 0 Å². The highest BCUT2D eigenvalue weighted by Crippen LogP contribution is 2.28. The van der Waals surface area contributed by atoms with Gasteiger partial charge < -0.3 is 5.73 Å². The lowest BCUT2D eigenvalue weighted by Crippen LogP contribution is -2.12. The summed E-state index contributed by atoms with van der Waals surface area (Å²) in [6.07, 6.45) is 0. The van der Waals surface area contributed by atoms with Crippen LogP contribution in [0.25, 0.3) is 0 Å². The normalized spacial score (nSPS) is 11.7. The summed E-state index contributed by atoms with van der Waals surface area (Å²) >= 11 is 0.960. The average Bonchev–Trinajstić information content (AvgIpc) is 2.77. The van der Waals surface area contributed by atoms with Crippen LogP contribution in [0.5, 0.6) is 0 Å². The number of rotatable bonds is 4. The first-order valence-corrected chi connectivity index (χ1v) is 8.01. The smallest absolute Gasteiger partial charge is 0.271 e. The van der Waals surface area contributed by atoms with Crippen molar-refractivity contribution in [2.45, 2.75) is 17.7 Å². The number of hydrogen-bond acceptors (Lipinski definition) is 4. The van der Waals surface area contributed by atoms with Crippen molar-refractivity contribution in [3.05, 3.63) is 46.1 Å². The van der Waals surface area contributed by atoms with Crippen LogP contribution in [0.4, 0.5) is 18.9 Å². The summed E-state index contributed by atoms with van der Waals surface area (Å²) < 4.78 is 65.2. The standard InChI is InChI=1S/C12H11F3N2O2S2/c1-6-2-11(20-10(6)5-16)21(18,19)17-7-3-8(13)12(15)9(14)4-7/h2-4,17H,5,16H2,1H3. The zero-order valence-electron chi connectivity index (χ0n) is 10.8. The fourth-order valence-electron chi connectivity index (χ4n) is 1.64. The van der Waals surface area contributed by atoms with Gasteiger partial charge in [-0.2, -0.15) is 0 Å². The van der Waals surface area contributed by atoms with E-state index in [1.807, 2.05) is 4.72 Å². The number of halogens is 3. The van der Waals surface area contributed by atoms with Gasteiger partial charge in [0.05, 0.1) is 5.69 Å². The second-order valence-corrected chi connectivity index (χ2v) is 7.28. The number of anilines is 1. The van der Waals surface area contributed by atoms with Crippen LogP contribution in [0.3, 0.4) is 0 Å². The third-order valence-electron chi connectivity index (χ3n) is 2.68. The second kappa shape index (κ2) is 5.66. The minimum atomic E-state index is -4.01. The molecule has 0 aliphatic carbocycles. The number of nitrogens with one attached hydrogen (secondary N) is 1. The van der Waals surface area contributed by atoms with E-state index >= 15 is 0 Å². The van der Waals surface area contributed by atoms with E-state index in [0.717, 1.165) is 11.3 Å². The Hall–Kier alpha value is -1.58. The number of sulfonamides is 1. The van der Waals surface area contributed by atoms with E-state index in [-0.39, 0.29) is 10.8 Å². The summed E-state index contributed by atoms with van der Waals surface area (Å²) in [6, 6.07) is 2.55. The zero-order valence-corrected chi connectivity index (χ0v) is 12.4. The molecule has 0 aliphatic heterocycles. The van der Waals surface area contributed by atoms with Crippen molar-refractivity contribution in [2.75, 3.05) is 4.72 Å². The van der Waals surface area contributed by atoms with Crippen molar-refractivity contribution in [3.63, 3.8) is 0 Å². The molecule has 0 unspecified atom stereocenters. The monoisotopic (exact) mass is 336 g/mol. The number of nitrogens with two attached hydrogens (primary N) is 1. The van der Waals surface area contributed by atoms with Crippen LogP contribution < -0.4 is 10.5 Å². The highest BCUT2D eigenvalue weighted by atomic mass is 32.2. The Kier molecular flexibility index (Phi) is 4.26. The third-order valence-corrected chi connectivity index (χ3v) is 5.80. The van der Waals surface area contributed by atoms with Gasteiger partial charge >= 0.3 is 0 Å². The van der Waals surface area contributed by atoms with Gasteiger partial charge in [0.1, 0.15) is 4.21 Å². The molecular weight excluding hydrogens is 325 g/mol. The summed E-state index contributed by atoms with van der Waals surface area (Å²) in [7, 11) is -4.01. The fourth-order valence-corrected chi connectivity index (χ4v) is 4.15. The fraction of sp³-hybridized carbons (Fsp3) is 0.167. The molecule has 0 saturated heterocycles. The van der Waals surface area contributed by atoms with Gasteiger partial charge in [-0.1, -0.05) is 0 Å². The Morgan fingerprint density at radius 3 is 2.24 bits per heavy atom. The van der Waals surface area contributed by atoms with E-state index < -0.39 is 33.2 Å². The van der Waals surface area contributed by atoms with Gasteiger partial charge in [-0.15, -0.1) is 11.3 Å². The van der Waals surface area contributed by atoms with E-state index in [0.29, 0.717) is 22.6 Å². The molecule has 1 aromatic carbocycles. The van der Waals surface area contributed by atoms with Gasteiger partial charge in [-0.3, -0.25) is 4.72 Å². The summed E-state index contributed by atoms with van der Waals surface area (Å²) in [5, 5.41) is 0. The topological polar surface area (TPSA) is 72.2 Å². The van der Waals surface area contributed by atoms with Crippen LogP contribution in [-0.2, 0) is 16.6 Å². The highest BCUT2D eigenvalue weighted by molar-refractivity contribution is 7.94. The number of hydrogen-bond donors (Lipinski definition) is 2. The average molecular weight is 336 g/mol. The lowest BCUT2D eigenvalue weighted by atomic mass is 10.3. The quantitative estimate of drug-likeness (QED) is 0.843. The Bertz CT molecular complexity index is 765. The molecule has 2 rings (SSSR count). The first-order chi connectivity index (χ1) is 9.74. The van der Waals surface area contributed by atoms with Crippen molar-refractivity contribution in [2.24, 2.45) is 5.73 Å². The largest absolute Gasteiger partial charge is 0.326 e. The van der Waals surface area contributed by atoms with Crippen molar-refractivity contribution in [1.29, 1.82) is 0 Å². The Morgan fingerprint density at radius 1 is 1.19 bits per heavy atom. The van der Waals surface area contributed by atoms with Gasteiger partial charge in [0.2, 0.25) is 0 Å². The maximum absolute atomic E-state index is 13.1. The molecule has 0 atom stereocenters. The number of benzene rings is 1. The zero-order chi connectivity index (χ0) is 15.8. The molecule has 0 bridgehead atoms. The summed E-state index contributed by atoms with van der Waals surface area (Å²) in [4.78, 5) is 0.687. The molecule has 21 heavy (non-hydrogen) atoms. The van der Waals surface area contributed by atoms with E-state index in [9.17, 15) is 21.6 Å². The molecule has 3 N–H and O–H groups in total. The van der Waals surface area contributed by atoms with E-state index in [1.165, 1.54) is 6.07 Å². The SMILES string of the molecule is Cc1cc(S(=O)(=O)Nc2cc(F)c(F)c(F)c2)sc1CN. The predicted octanol–water partition coefficient (Wildman–Crippen LogP) is 2.73. The van der Waals surface area contributed by atoms with E-state index in [4.69, 9.17) is 5.73 Å². The summed E-state index contributed by atoms with van der Waals surface area (Å²) in [6.45, 7) is 1.89. The van der Waals surface area contributed by atoms with Gasteiger partial charge in [0, 0.05) is 23.6 Å². The predicted molar refractivity (Wildman–Crippen MR) is 74.1 cm³/mol. The summed E-state index contributed by atoms with van der Waals surface area (Å²) in [5.41, 5.74) is 5.78. The minimum absolute atomic E-state index is 0.0365. The van der Waals surface area contributed by atoms with Gasteiger partial charge in [-0.05, 0) is 18.6 Å². The number of aryl methyl sites for hydroxylation is 1. The number of thiophene rings is 1. The first kappa shape index (κ1) is 15.8. The molecule has 1 heterocycles. The highest BCUT2D eigenvalue weighted by Gasteiger charge is 2.20. The minimum Gasteiger partial charge on any atom is -0.326 e. The molecule has 0 aliphatic rings. The van der Waals surface area contributed by atoms with Crippen LogP contribution in [0.2, 0.25) is 0 Å². The maximum atomic E-state index is 13.1. The lowest BCUT2D eigenvalue weighted by Gasteiger charge is -2.07. The van der Waals surface area contributed by atoms with Crippen LogP contribution in [-0.4, -0.2) is 8.42 Å². The molecule has 0 amide bonds. The van der Waals surface area contributed by atoms with Gasteiger partial charge in [0.15, 0.2) is 17.5 Å². The van der Waals surface area contributed by atoms with Crippen LogP contribution in [0.1, 0.15) is 10.4 Å².